The van der Waals surface area contributed by atoms with Crippen molar-refractivity contribution < 1.29 is 0 Å². The molecule has 2 aromatic rings. The van der Waals surface area contributed by atoms with Crippen LogP contribution in [0.3, 0.4) is 0 Å². The lowest BCUT2D eigenvalue weighted by Gasteiger charge is -2.47. The molecule has 1 aromatic carbocycles. The fourth-order valence-electron chi connectivity index (χ4n) is 5.26. The van der Waals surface area contributed by atoms with Gasteiger partial charge < -0.3 is 4.98 Å². The normalized spacial score (nSPS) is 26.7. The smallest absolute Gasteiger partial charge is 0.0461 e. The number of thioether (sulfide) groups is 1. The van der Waals surface area contributed by atoms with Crippen molar-refractivity contribution in [2.75, 3.05) is 25.1 Å². The van der Waals surface area contributed by atoms with Gasteiger partial charge in [-0.15, -0.1) is 0 Å². The molecule has 0 unspecified atom stereocenters. The van der Waals surface area contributed by atoms with Gasteiger partial charge in [0.15, 0.2) is 0 Å². The van der Waals surface area contributed by atoms with Crippen LogP contribution in [0.2, 0.25) is 0 Å². The molecule has 2 aliphatic rings. The fourth-order valence-corrected chi connectivity index (χ4v) is 5.98. The average Bonchev–Trinajstić information content (AvgIpc) is 2.96. The van der Waals surface area contributed by atoms with E-state index in [1.807, 2.05) is 11.8 Å². The van der Waals surface area contributed by atoms with Gasteiger partial charge in [-0.05, 0) is 67.3 Å². The van der Waals surface area contributed by atoms with Crippen LogP contribution in [0.15, 0.2) is 18.2 Å². The quantitative estimate of drug-likeness (QED) is 0.839. The molecular formula is C21H30N2S. The van der Waals surface area contributed by atoms with Crippen LogP contribution >= 0.6 is 11.8 Å². The molecule has 0 radical (unpaired) electrons. The van der Waals surface area contributed by atoms with Crippen molar-refractivity contribution in [1.29, 1.82) is 0 Å². The van der Waals surface area contributed by atoms with Crippen LogP contribution in [0, 0.1) is 5.92 Å². The summed E-state index contributed by atoms with van der Waals surface area (Å²) in [6, 6.07) is 7.67. The molecule has 3 atom stereocenters. The van der Waals surface area contributed by atoms with E-state index in [0.29, 0.717) is 6.04 Å². The summed E-state index contributed by atoms with van der Waals surface area (Å²) in [5, 5.41) is 1.57. The van der Waals surface area contributed by atoms with Gasteiger partial charge in [0.1, 0.15) is 0 Å². The highest BCUT2D eigenvalue weighted by atomic mass is 32.2. The fraction of sp³-hybridized carbons (Fsp3) is 0.619. The van der Waals surface area contributed by atoms with E-state index in [2.05, 4.69) is 48.2 Å². The topological polar surface area (TPSA) is 19.0 Å². The first-order chi connectivity index (χ1) is 11.8. The molecule has 0 amide bonds. The lowest BCUT2D eigenvalue weighted by atomic mass is 9.72. The molecule has 24 heavy (non-hydrogen) atoms. The monoisotopic (exact) mass is 342 g/mol. The van der Waals surface area contributed by atoms with Crippen LogP contribution in [-0.4, -0.2) is 41.0 Å². The number of benzene rings is 1. The summed E-state index contributed by atoms with van der Waals surface area (Å²) in [4.78, 5) is 6.54. The first kappa shape index (κ1) is 16.5. The minimum atomic E-state index is 0.710. The second kappa shape index (κ2) is 6.76. The largest absolute Gasteiger partial charge is 0.358 e. The number of aromatic amines is 1. The number of aryl methyl sites for hydroxylation is 1. The van der Waals surface area contributed by atoms with Crippen molar-refractivity contribution in [1.82, 2.24) is 9.88 Å². The summed E-state index contributed by atoms with van der Waals surface area (Å²) in [7, 11) is 0. The number of rotatable bonds is 5. The Kier molecular flexibility index (Phi) is 4.66. The van der Waals surface area contributed by atoms with E-state index in [-0.39, 0.29) is 0 Å². The zero-order chi connectivity index (χ0) is 16.7. The van der Waals surface area contributed by atoms with Crippen molar-refractivity contribution in [3.63, 3.8) is 0 Å². The predicted octanol–water partition coefficient (Wildman–Crippen LogP) is 4.83. The molecule has 0 spiro atoms. The number of nitrogens with one attached hydrogen (secondary N) is 1. The van der Waals surface area contributed by atoms with Gasteiger partial charge in [-0.1, -0.05) is 26.0 Å². The van der Waals surface area contributed by atoms with Gasteiger partial charge in [-0.3, -0.25) is 4.90 Å². The summed E-state index contributed by atoms with van der Waals surface area (Å²) < 4.78 is 0. The maximum absolute atomic E-state index is 3.72. The Hall–Kier alpha value is -0.930. The van der Waals surface area contributed by atoms with Crippen molar-refractivity contribution >= 4 is 22.7 Å². The third kappa shape index (κ3) is 2.61. The number of piperidine rings is 1. The molecule has 3 heteroatoms. The Morgan fingerprint density at radius 3 is 2.92 bits per heavy atom. The van der Waals surface area contributed by atoms with Gasteiger partial charge in [0, 0.05) is 35.1 Å². The summed E-state index contributed by atoms with van der Waals surface area (Å²) in [6.07, 6.45) is 7.26. The second-order valence-electron chi connectivity index (χ2n) is 7.64. The number of hydrogen-bond donors (Lipinski definition) is 1. The second-order valence-corrected chi connectivity index (χ2v) is 8.55. The Morgan fingerprint density at radius 2 is 2.17 bits per heavy atom. The molecule has 1 fully saturated rings. The Morgan fingerprint density at radius 1 is 1.29 bits per heavy atom. The van der Waals surface area contributed by atoms with E-state index in [4.69, 9.17) is 0 Å². The standard InChI is InChI=1S/C21H30N2S/c1-4-9-23-12-14(13-24-3)10-16-15-7-6-8-19-21(15)17(11-20(16)23)18(5-2)22-19/h6-8,14,16,20,22H,4-5,9-13H2,1-3H3/t14-,16-,20-/m1/s1. The molecule has 0 bridgehead atoms. The lowest BCUT2D eigenvalue weighted by Crippen LogP contribution is -2.50. The Labute approximate surface area is 150 Å². The predicted molar refractivity (Wildman–Crippen MR) is 106 cm³/mol. The first-order valence-electron chi connectivity index (χ1n) is 9.62. The van der Waals surface area contributed by atoms with Crippen LogP contribution in [0.1, 0.15) is 49.4 Å². The van der Waals surface area contributed by atoms with Gasteiger partial charge in [0.25, 0.3) is 0 Å². The highest BCUT2D eigenvalue weighted by Crippen LogP contribution is 2.46. The zero-order valence-corrected chi connectivity index (χ0v) is 16.1. The van der Waals surface area contributed by atoms with Crippen molar-refractivity contribution in [3.8, 4) is 0 Å². The number of nitrogens with zero attached hydrogens (tertiary/aromatic N) is 1. The number of aromatic nitrogens is 1. The molecule has 1 aromatic heterocycles. The molecule has 1 N–H and O–H groups in total. The molecule has 130 valence electrons. The highest BCUT2D eigenvalue weighted by molar-refractivity contribution is 7.98. The molecule has 2 nitrogen and oxygen atoms in total. The number of fused-ring (bicyclic) bond motifs is 2. The summed E-state index contributed by atoms with van der Waals surface area (Å²) in [6.45, 7) is 7.17. The van der Waals surface area contributed by atoms with Gasteiger partial charge in [-0.2, -0.15) is 11.8 Å². The molecule has 0 saturated carbocycles. The van der Waals surface area contributed by atoms with E-state index in [1.165, 1.54) is 49.3 Å². The van der Waals surface area contributed by atoms with E-state index >= 15 is 0 Å². The van der Waals surface area contributed by atoms with Crippen LogP contribution in [-0.2, 0) is 12.8 Å². The van der Waals surface area contributed by atoms with E-state index in [9.17, 15) is 0 Å². The average molecular weight is 343 g/mol. The van der Waals surface area contributed by atoms with Gasteiger partial charge in [-0.25, -0.2) is 0 Å². The Bertz CT molecular complexity index is 720. The molecule has 2 heterocycles. The number of H-pyrrole nitrogens is 1. The third-order valence-corrected chi connectivity index (χ3v) is 6.95. The summed E-state index contributed by atoms with van der Waals surface area (Å²) in [5.41, 5.74) is 6.08. The van der Waals surface area contributed by atoms with Crippen molar-refractivity contribution in [2.24, 2.45) is 5.92 Å². The Balaban J connectivity index is 1.79. The zero-order valence-electron chi connectivity index (χ0n) is 15.3. The number of likely N-dealkylation sites (tertiary alicyclic amines) is 1. The molecule has 1 saturated heterocycles. The van der Waals surface area contributed by atoms with Crippen molar-refractivity contribution in [3.05, 3.63) is 35.0 Å². The van der Waals surface area contributed by atoms with Crippen LogP contribution < -0.4 is 0 Å². The van der Waals surface area contributed by atoms with E-state index in [1.54, 1.807) is 16.5 Å². The van der Waals surface area contributed by atoms with Gasteiger partial charge in [0.2, 0.25) is 0 Å². The van der Waals surface area contributed by atoms with Crippen LogP contribution in [0.5, 0.6) is 0 Å². The van der Waals surface area contributed by atoms with Gasteiger partial charge >= 0.3 is 0 Å². The van der Waals surface area contributed by atoms with Crippen LogP contribution in [0.25, 0.3) is 10.9 Å². The van der Waals surface area contributed by atoms with E-state index < -0.39 is 0 Å². The highest BCUT2D eigenvalue weighted by Gasteiger charge is 2.40. The maximum atomic E-state index is 3.72. The van der Waals surface area contributed by atoms with Crippen molar-refractivity contribution in [2.45, 2.75) is 51.5 Å². The molecular weight excluding hydrogens is 312 g/mol. The van der Waals surface area contributed by atoms with Gasteiger partial charge in [0.05, 0.1) is 0 Å². The molecule has 1 aliphatic carbocycles. The molecule has 4 rings (SSSR count). The van der Waals surface area contributed by atoms with E-state index in [0.717, 1.165) is 18.3 Å². The van der Waals surface area contributed by atoms with Crippen LogP contribution in [0.4, 0.5) is 0 Å². The molecule has 1 aliphatic heterocycles. The summed E-state index contributed by atoms with van der Waals surface area (Å²) in [5.74, 6) is 2.87. The maximum Gasteiger partial charge on any atom is 0.0461 e. The third-order valence-electron chi connectivity index (χ3n) is 6.14. The SMILES string of the molecule is CCCN1C[C@H](CSC)C[C@@H]2c3cccc4[nH]c(CC)c(c34)C[C@H]21. The minimum absolute atomic E-state index is 0.710. The lowest BCUT2D eigenvalue weighted by molar-refractivity contribution is 0.0925. The summed E-state index contributed by atoms with van der Waals surface area (Å²) >= 11 is 2.02. The minimum Gasteiger partial charge on any atom is -0.358 e. The number of hydrogen-bond acceptors (Lipinski definition) is 2. The first-order valence-corrected chi connectivity index (χ1v) is 11.0.